The van der Waals surface area contributed by atoms with E-state index in [1.165, 1.54) is 6.08 Å². The Bertz CT molecular complexity index is 1010. The summed E-state index contributed by atoms with van der Waals surface area (Å²) in [6.45, 7) is 2.36. The van der Waals surface area contributed by atoms with Crippen molar-refractivity contribution in [2.24, 2.45) is 0 Å². The Labute approximate surface area is 162 Å². The lowest BCUT2D eigenvalue weighted by Gasteiger charge is -2.05. The Balaban J connectivity index is 1.77. The van der Waals surface area contributed by atoms with E-state index in [-0.39, 0.29) is 5.57 Å². The molecule has 0 aliphatic heterocycles. The Morgan fingerprint density at radius 1 is 1.22 bits per heavy atom. The number of aryl methyl sites for hydroxylation is 1. The van der Waals surface area contributed by atoms with Gasteiger partial charge in [-0.3, -0.25) is 9.89 Å². The number of nitrogens with zero attached hydrogens (tertiary/aromatic N) is 2. The second kappa shape index (κ2) is 8.35. The molecule has 0 spiro atoms. The summed E-state index contributed by atoms with van der Waals surface area (Å²) in [6.07, 6.45) is 3.10. The molecule has 1 aromatic heterocycles. The van der Waals surface area contributed by atoms with E-state index in [9.17, 15) is 10.1 Å². The second-order valence-electron chi connectivity index (χ2n) is 6.05. The molecule has 0 atom stereocenters. The number of nitriles is 1. The number of hydrogen-bond donors (Lipinski definition) is 2. The Hall–Kier alpha value is -3.36. The van der Waals surface area contributed by atoms with Crippen molar-refractivity contribution < 1.29 is 4.79 Å². The quantitative estimate of drug-likeness (QED) is 0.515. The molecule has 1 amide bonds. The molecule has 2 N–H and O–H groups in total. The Morgan fingerprint density at radius 3 is 2.59 bits per heavy atom. The standard InChI is InChI=1S/C21H17ClN4O/c1-14-2-4-15(5-3-14)12-24-21(27)17(11-23)10-18-13-25-26-20(18)16-6-8-19(22)9-7-16/h2-10,13H,12H2,1H3,(H,24,27)(H,25,26)/b17-10+. The van der Waals surface area contributed by atoms with Gasteiger partial charge in [-0.05, 0) is 30.7 Å². The fourth-order valence-electron chi connectivity index (χ4n) is 2.54. The highest BCUT2D eigenvalue weighted by Gasteiger charge is 2.12. The number of H-pyrrole nitrogens is 1. The summed E-state index contributed by atoms with van der Waals surface area (Å²) in [5.74, 6) is -0.429. The highest BCUT2D eigenvalue weighted by atomic mass is 35.5. The number of aromatic amines is 1. The maximum atomic E-state index is 12.4. The molecule has 2 aromatic carbocycles. The molecule has 6 heteroatoms. The minimum atomic E-state index is -0.429. The van der Waals surface area contributed by atoms with Crippen molar-refractivity contribution in [3.05, 3.63) is 82.0 Å². The molecular formula is C21H17ClN4O. The van der Waals surface area contributed by atoms with E-state index in [0.29, 0.717) is 22.8 Å². The predicted octanol–water partition coefficient (Wildman–Crippen LogP) is 4.26. The van der Waals surface area contributed by atoms with Crippen LogP contribution in [0.15, 0.2) is 60.3 Å². The third-order valence-electron chi connectivity index (χ3n) is 4.04. The van der Waals surface area contributed by atoms with Crippen LogP contribution >= 0.6 is 11.6 Å². The molecule has 0 aliphatic rings. The summed E-state index contributed by atoms with van der Waals surface area (Å²) in [4.78, 5) is 12.4. The normalized spacial score (nSPS) is 11.1. The Kier molecular flexibility index (Phi) is 5.70. The zero-order valence-electron chi connectivity index (χ0n) is 14.7. The number of nitrogens with one attached hydrogen (secondary N) is 2. The molecule has 0 bridgehead atoms. The first-order valence-corrected chi connectivity index (χ1v) is 8.69. The molecule has 0 radical (unpaired) electrons. The van der Waals surface area contributed by atoms with Crippen molar-refractivity contribution in [3.63, 3.8) is 0 Å². The van der Waals surface area contributed by atoms with E-state index in [2.05, 4.69) is 15.5 Å². The van der Waals surface area contributed by atoms with Crippen molar-refractivity contribution in [2.75, 3.05) is 0 Å². The van der Waals surface area contributed by atoms with Crippen LogP contribution in [-0.4, -0.2) is 16.1 Å². The third kappa shape index (κ3) is 4.63. The summed E-state index contributed by atoms with van der Waals surface area (Å²) in [7, 11) is 0. The van der Waals surface area contributed by atoms with Crippen molar-refractivity contribution in [1.29, 1.82) is 5.26 Å². The number of halogens is 1. The zero-order valence-corrected chi connectivity index (χ0v) is 15.4. The smallest absolute Gasteiger partial charge is 0.262 e. The number of amides is 1. The first-order valence-electron chi connectivity index (χ1n) is 8.31. The van der Waals surface area contributed by atoms with Crippen LogP contribution in [0.3, 0.4) is 0 Å². The highest BCUT2D eigenvalue weighted by Crippen LogP contribution is 2.24. The number of aromatic nitrogens is 2. The fraction of sp³-hybridized carbons (Fsp3) is 0.0952. The molecule has 0 unspecified atom stereocenters. The lowest BCUT2D eigenvalue weighted by Crippen LogP contribution is -2.23. The van der Waals surface area contributed by atoms with Gasteiger partial charge in [0.1, 0.15) is 11.6 Å². The maximum absolute atomic E-state index is 12.4. The van der Waals surface area contributed by atoms with Gasteiger partial charge in [0.25, 0.3) is 5.91 Å². The van der Waals surface area contributed by atoms with Crippen LogP contribution in [0.5, 0.6) is 0 Å². The molecule has 0 aliphatic carbocycles. The van der Waals surface area contributed by atoms with E-state index >= 15 is 0 Å². The summed E-state index contributed by atoms with van der Waals surface area (Å²) in [5, 5.41) is 19.7. The van der Waals surface area contributed by atoms with Gasteiger partial charge in [0, 0.05) is 22.7 Å². The summed E-state index contributed by atoms with van der Waals surface area (Å²) in [6, 6.07) is 17.0. The number of carbonyl (C=O) groups excluding carboxylic acids is 1. The Morgan fingerprint density at radius 2 is 1.93 bits per heavy atom. The van der Waals surface area contributed by atoms with E-state index in [1.807, 2.05) is 49.4 Å². The van der Waals surface area contributed by atoms with E-state index < -0.39 is 5.91 Å². The van der Waals surface area contributed by atoms with Crippen LogP contribution in [-0.2, 0) is 11.3 Å². The number of hydrogen-bond acceptors (Lipinski definition) is 3. The molecule has 5 nitrogen and oxygen atoms in total. The number of rotatable bonds is 5. The van der Waals surface area contributed by atoms with Crippen LogP contribution in [0.4, 0.5) is 0 Å². The van der Waals surface area contributed by atoms with Crippen molar-refractivity contribution in [1.82, 2.24) is 15.5 Å². The molecular weight excluding hydrogens is 360 g/mol. The number of carbonyl (C=O) groups is 1. The number of benzene rings is 2. The molecule has 0 fully saturated rings. The second-order valence-corrected chi connectivity index (χ2v) is 6.48. The molecule has 0 saturated heterocycles. The SMILES string of the molecule is Cc1ccc(CNC(=O)/C(C#N)=C/c2cn[nH]c2-c2ccc(Cl)cc2)cc1. The summed E-state index contributed by atoms with van der Waals surface area (Å²) < 4.78 is 0. The maximum Gasteiger partial charge on any atom is 0.262 e. The van der Waals surface area contributed by atoms with Crippen molar-refractivity contribution >= 4 is 23.6 Å². The monoisotopic (exact) mass is 376 g/mol. The molecule has 3 aromatic rings. The average molecular weight is 377 g/mol. The molecule has 1 heterocycles. The van der Waals surface area contributed by atoms with Gasteiger partial charge in [-0.1, -0.05) is 53.6 Å². The van der Waals surface area contributed by atoms with Gasteiger partial charge >= 0.3 is 0 Å². The first kappa shape index (κ1) is 18.4. The van der Waals surface area contributed by atoms with Crippen LogP contribution in [0.2, 0.25) is 5.02 Å². The fourth-order valence-corrected chi connectivity index (χ4v) is 2.67. The largest absolute Gasteiger partial charge is 0.347 e. The minimum absolute atomic E-state index is 0.0127. The summed E-state index contributed by atoms with van der Waals surface area (Å²) >= 11 is 5.92. The third-order valence-corrected chi connectivity index (χ3v) is 4.29. The van der Waals surface area contributed by atoms with Gasteiger partial charge in [0.2, 0.25) is 0 Å². The lowest BCUT2D eigenvalue weighted by atomic mass is 10.1. The molecule has 27 heavy (non-hydrogen) atoms. The van der Waals surface area contributed by atoms with E-state index in [1.54, 1.807) is 18.3 Å². The van der Waals surface area contributed by atoms with Gasteiger partial charge in [-0.25, -0.2) is 0 Å². The van der Waals surface area contributed by atoms with Crippen LogP contribution in [0, 0.1) is 18.3 Å². The van der Waals surface area contributed by atoms with Gasteiger partial charge < -0.3 is 5.32 Å². The van der Waals surface area contributed by atoms with Crippen LogP contribution in [0.25, 0.3) is 17.3 Å². The van der Waals surface area contributed by atoms with Gasteiger partial charge in [0.05, 0.1) is 11.9 Å². The molecule has 134 valence electrons. The summed E-state index contributed by atoms with van der Waals surface area (Å²) in [5.41, 5.74) is 4.36. The van der Waals surface area contributed by atoms with Crippen LogP contribution < -0.4 is 5.32 Å². The van der Waals surface area contributed by atoms with Gasteiger partial charge in [-0.15, -0.1) is 0 Å². The molecule has 0 saturated carbocycles. The van der Waals surface area contributed by atoms with Gasteiger partial charge in [0.15, 0.2) is 0 Å². The zero-order chi connectivity index (χ0) is 19.2. The van der Waals surface area contributed by atoms with Crippen molar-refractivity contribution in [3.8, 4) is 17.3 Å². The topological polar surface area (TPSA) is 81.6 Å². The predicted molar refractivity (Wildman–Crippen MR) is 106 cm³/mol. The molecule has 3 rings (SSSR count). The average Bonchev–Trinajstić information content (AvgIpc) is 3.14. The highest BCUT2D eigenvalue weighted by molar-refractivity contribution is 6.30. The van der Waals surface area contributed by atoms with E-state index in [0.717, 1.165) is 16.7 Å². The lowest BCUT2D eigenvalue weighted by molar-refractivity contribution is -0.117. The van der Waals surface area contributed by atoms with Crippen molar-refractivity contribution in [2.45, 2.75) is 13.5 Å². The first-order chi connectivity index (χ1) is 13.1. The minimum Gasteiger partial charge on any atom is -0.347 e. The van der Waals surface area contributed by atoms with E-state index in [4.69, 9.17) is 11.6 Å². The van der Waals surface area contributed by atoms with Gasteiger partial charge in [-0.2, -0.15) is 10.4 Å². The van der Waals surface area contributed by atoms with Crippen LogP contribution in [0.1, 0.15) is 16.7 Å².